The highest BCUT2D eigenvalue weighted by Gasteiger charge is 2.27. The first-order chi connectivity index (χ1) is 13.5. The van der Waals surface area contributed by atoms with Crippen molar-refractivity contribution in [3.05, 3.63) is 54.6 Å². The number of esters is 1. The van der Waals surface area contributed by atoms with Crippen molar-refractivity contribution in [2.24, 2.45) is 9.98 Å². The van der Waals surface area contributed by atoms with Gasteiger partial charge in [-0.1, -0.05) is 50.8 Å². The summed E-state index contributed by atoms with van der Waals surface area (Å²) in [5, 5.41) is 10.5. The quantitative estimate of drug-likeness (QED) is 0.344. The molecule has 6 heteroatoms. The van der Waals surface area contributed by atoms with Gasteiger partial charge in [0.05, 0.1) is 31.1 Å². The largest absolute Gasteiger partial charge is 0.466 e. The van der Waals surface area contributed by atoms with Crippen LogP contribution in [0.25, 0.3) is 5.57 Å². The van der Waals surface area contributed by atoms with Crippen molar-refractivity contribution in [2.45, 2.75) is 34.1 Å². The summed E-state index contributed by atoms with van der Waals surface area (Å²) in [5.74, 6) is 0.0640. The molecule has 0 amide bonds. The number of aliphatic imine (C=N–C) groups is 2. The van der Waals surface area contributed by atoms with Crippen molar-refractivity contribution in [3.8, 4) is 0 Å². The maximum Gasteiger partial charge on any atom is 0.309 e. The van der Waals surface area contributed by atoms with Gasteiger partial charge in [0.1, 0.15) is 5.84 Å². The van der Waals surface area contributed by atoms with E-state index < -0.39 is 0 Å². The van der Waals surface area contributed by atoms with Gasteiger partial charge in [-0.05, 0) is 26.5 Å². The van der Waals surface area contributed by atoms with Crippen molar-refractivity contribution in [3.63, 3.8) is 0 Å². The number of hydrogen-bond acceptors (Lipinski definition) is 5. The lowest BCUT2D eigenvalue weighted by molar-refractivity contribution is -0.142. The van der Waals surface area contributed by atoms with Crippen LogP contribution in [0.1, 0.15) is 45.2 Å². The Labute approximate surface area is 168 Å². The Bertz CT molecular complexity index is 749. The normalized spacial score (nSPS) is 14.4. The predicted octanol–water partition coefficient (Wildman–Crippen LogP) is 4.27. The molecular formula is C22H32N4O2. The number of nitrogens with zero attached hydrogens (tertiary/aromatic N) is 2. The van der Waals surface area contributed by atoms with E-state index >= 15 is 0 Å². The second-order valence-electron chi connectivity index (χ2n) is 5.39. The molecule has 0 saturated carbocycles. The van der Waals surface area contributed by atoms with Crippen LogP contribution in [0.3, 0.4) is 0 Å². The van der Waals surface area contributed by atoms with Crippen molar-refractivity contribution in [2.75, 3.05) is 20.3 Å². The monoisotopic (exact) mass is 384 g/mol. The fourth-order valence-electron chi connectivity index (χ4n) is 2.30. The maximum absolute atomic E-state index is 10.3. The molecule has 1 aliphatic rings. The molecule has 0 aliphatic heterocycles. The third-order valence-electron chi connectivity index (χ3n) is 3.31. The zero-order valence-corrected chi connectivity index (χ0v) is 17.6. The van der Waals surface area contributed by atoms with Gasteiger partial charge < -0.3 is 10.1 Å². The number of carbonyl (C=O) groups is 1. The van der Waals surface area contributed by atoms with Gasteiger partial charge in [-0.15, -0.1) is 6.58 Å². The zero-order valence-electron chi connectivity index (χ0n) is 17.6. The zero-order chi connectivity index (χ0) is 21.5. The third kappa shape index (κ3) is 7.80. The van der Waals surface area contributed by atoms with Crippen molar-refractivity contribution in [1.82, 2.24) is 5.32 Å². The van der Waals surface area contributed by atoms with Gasteiger partial charge in [0.25, 0.3) is 0 Å². The Hall–Kier alpha value is -2.86. The molecule has 152 valence electrons. The summed E-state index contributed by atoms with van der Waals surface area (Å²) in [6, 6.07) is 7.93. The Morgan fingerprint density at radius 1 is 1.25 bits per heavy atom. The smallest absolute Gasteiger partial charge is 0.309 e. The summed E-state index contributed by atoms with van der Waals surface area (Å²) in [6.07, 6.45) is 1.84. The molecular weight excluding hydrogens is 352 g/mol. The lowest BCUT2D eigenvalue weighted by Gasteiger charge is -2.01. The predicted molar refractivity (Wildman–Crippen MR) is 120 cm³/mol. The number of amidine groups is 1. The minimum atomic E-state index is -0.206. The van der Waals surface area contributed by atoms with Crippen LogP contribution in [0.5, 0.6) is 0 Å². The Morgan fingerprint density at radius 3 is 2.36 bits per heavy atom. The summed E-state index contributed by atoms with van der Waals surface area (Å²) in [4.78, 5) is 19.1. The number of rotatable bonds is 5. The molecule has 1 aromatic rings. The highest BCUT2D eigenvalue weighted by molar-refractivity contribution is 6.67. The van der Waals surface area contributed by atoms with E-state index in [0.717, 1.165) is 28.1 Å². The molecule has 0 unspecified atom stereocenters. The first-order valence-corrected chi connectivity index (χ1v) is 9.35. The maximum atomic E-state index is 10.3. The topological polar surface area (TPSA) is 86.9 Å². The number of carbonyl (C=O) groups excluding carboxylic acids is 1. The van der Waals surface area contributed by atoms with E-state index in [4.69, 9.17) is 5.41 Å². The molecule has 0 radical (unpaired) electrons. The molecule has 0 fully saturated rings. The molecule has 1 aromatic carbocycles. The fourth-order valence-corrected chi connectivity index (χ4v) is 2.30. The van der Waals surface area contributed by atoms with E-state index in [-0.39, 0.29) is 11.8 Å². The number of benzene rings is 1. The molecule has 2 N–H and O–H groups in total. The molecule has 0 spiro atoms. The number of allylic oxidation sites excluding steroid dienone is 1. The molecule has 0 atom stereocenters. The second-order valence-corrected chi connectivity index (χ2v) is 5.39. The third-order valence-corrected chi connectivity index (χ3v) is 3.31. The molecule has 2 rings (SSSR count). The molecule has 28 heavy (non-hydrogen) atoms. The molecule has 1 aliphatic carbocycles. The summed E-state index contributed by atoms with van der Waals surface area (Å²) < 4.78 is 4.57. The van der Waals surface area contributed by atoms with Crippen LogP contribution in [0.4, 0.5) is 0 Å². The number of fused-ring (bicyclic) bond motifs is 1. The Morgan fingerprint density at radius 2 is 1.86 bits per heavy atom. The summed E-state index contributed by atoms with van der Waals surface area (Å²) >= 11 is 0. The minimum absolute atomic E-state index is 0.206. The van der Waals surface area contributed by atoms with Crippen molar-refractivity contribution >= 4 is 28.8 Å². The highest BCUT2D eigenvalue weighted by Crippen LogP contribution is 2.29. The molecule has 0 heterocycles. The Balaban J connectivity index is 0.000000618. The van der Waals surface area contributed by atoms with Crippen LogP contribution in [0.2, 0.25) is 0 Å². The van der Waals surface area contributed by atoms with E-state index in [2.05, 4.69) is 33.2 Å². The highest BCUT2D eigenvalue weighted by atomic mass is 16.5. The van der Waals surface area contributed by atoms with Gasteiger partial charge in [-0.25, -0.2) is 4.99 Å². The van der Waals surface area contributed by atoms with Crippen LogP contribution in [-0.2, 0) is 9.53 Å². The van der Waals surface area contributed by atoms with Gasteiger partial charge in [0.2, 0.25) is 0 Å². The average molecular weight is 385 g/mol. The van der Waals surface area contributed by atoms with E-state index in [9.17, 15) is 4.79 Å². The van der Waals surface area contributed by atoms with Gasteiger partial charge in [0, 0.05) is 11.1 Å². The van der Waals surface area contributed by atoms with E-state index in [1.807, 2.05) is 45.2 Å². The number of hydrogen-bond donors (Lipinski definition) is 2. The molecule has 0 saturated heterocycles. The van der Waals surface area contributed by atoms with Crippen LogP contribution < -0.4 is 5.32 Å². The van der Waals surface area contributed by atoms with Gasteiger partial charge in [-0.2, -0.15) is 0 Å². The first-order valence-electron chi connectivity index (χ1n) is 9.35. The molecule has 6 nitrogen and oxygen atoms in total. The van der Waals surface area contributed by atoms with E-state index in [1.54, 1.807) is 13.8 Å². The number of ether oxygens (including phenoxy) is 1. The number of nitrogens with one attached hydrogen (secondary N) is 2. The van der Waals surface area contributed by atoms with Crippen LogP contribution >= 0.6 is 0 Å². The first kappa shape index (κ1) is 25.1. The standard InChI is InChI=1S/C14H16N4.C6H10O2.C2H6/c1-9-11-6-4-5-7-12(11)14(18-10(2)15)13(9)17-8-16-3;1-3-5-6(7)8-4-2;1-2/h4-7,15-16H,1,8H2,2-3H3;3H,1,4-5H2,2H3;1-2H3/b15-10?,17-13-,18-14?;;. The molecule has 0 aromatic heterocycles. The summed E-state index contributed by atoms with van der Waals surface area (Å²) in [7, 11) is 1.84. The fraction of sp³-hybridized carbons (Fsp3) is 0.364. The lowest BCUT2D eigenvalue weighted by atomic mass is 10.1. The van der Waals surface area contributed by atoms with Crippen LogP contribution in [0.15, 0.2) is 53.5 Å². The van der Waals surface area contributed by atoms with E-state index in [1.165, 1.54) is 6.08 Å². The second kappa shape index (κ2) is 14.2. The van der Waals surface area contributed by atoms with Gasteiger partial charge in [0.15, 0.2) is 0 Å². The SMILES string of the molecule is C=C1/C(=N/CNC)C(=NC(C)=N)c2ccccc21.C=CCC(=O)OCC.CC. The lowest BCUT2D eigenvalue weighted by Crippen LogP contribution is -2.14. The molecule has 0 bridgehead atoms. The summed E-state index contributed by atoms with van der Waals surface area (Å²) in [6.45, 7) is 15.9. The van der Waals surface area contributed by atoms with Gasteiger partial charge in [-0.3, -0.25) is 15.2 Å². The average Bonchev–Trinajstić information content (AvgIpc) is 2.94. The van der Waals surface area contributed by atoms with Gasteiger partial charge >= 0.3 is 5.97 Å². The van der Waals surface area contributed by atoms with Crippen LogP contribution in [0, 0.1) is 5.41 Å². The van der Waals surface area contributed by atoms with E-state index in [0.29, 0.717) is 19.7 Å². The minimum Gasteiger partial charge on any atom is -0.466 e. The summed E-state index contributed by atoms with van der Waals surface area (Å²) in [5.41, 5.74) is 4.45. The van der Waals surface area contributed by atoms with Crippen molar-refractivity contribution in [1.29, 1.82) is 5.41 Å². The Kier molecular flexibility index (Phi) is 12.8. The van der Waals surface area contributed by atoms with Crippen molar-refractivity contribution < 1.29 is 9.53 Å². The van der Waals surface area contributed by atoms with Crippen LogP contribution in [-0.4, -0.2) is 43.6 Å².